The zero-order chi connectivity index (χ0) is 13.3. The molecule has 2 rings (SSSR count). The average molecular weight is 287 g/mol. The monoisotopic (exact) mass is 286 g/mol. The minimum Gasteiger partial charge on any atom is -0.505 e. The predicted molar refractivity (Wildman–Crippen MR) is 71.4 cm³/mol. The number of aromatic hydroxyl groups is 1. The van der Waals surface area contributed by atoms with Gasteiger partial charge in [-0.15, -0.1) is 0 Å². The van der Waals surface area contributed by atoms with E-state index in [0.29, 0.717) is 6.54 Å². The van der Waals surface area contributed by atoms with E-state index in [1.165, 1.54) is 0 Å². The molecule has 96 valence electrons. The normalized spacial score (nSPS) is 10.7. The Hall–Kier alpha value is -1.39. The Morgan fingerprint density at radius 1 is 1.28 bits per heavy atom. The van der Waals surface area contributed by atoms with Crippen LogP contribution in [0.25, 0.3) is 0 Å². The van der Waals surface area contributed by atoms with Crippen LogP contribution in [0.1, 0.15) is 17.0 Å². The van der Waals surface area contributed by atoms with Gasteiger partial charge in [-0.3, -0.25) is 0 Å². The van der Waals surface area contributed by atoms with Gasteiger partial charge in [0.1, 0.15) is 5.76 Å². The van der Waals surface area contributed by atoms with Crippen LogP contribution < -0.4 is 5.32 Å². The van der Waals surface area contributed by atoms with E-state index in [9.17, 15) is 5.11 Å². The van der Waals surface area contributed by atoms with Crippen molar-refractivity contribution < 1.29 is 9.63 Å². The molecule has 0 aliphatic rings. The molecule has 0 fully saturated rings. The van der Waals surface area contributed by atoms with Gasteiger partial charge in [-0.25, -0.2) is 0 Å². The van der Waals surface area contributed by atoms with Gasteiger partial charge in [0.25, 0.3) is 0 Å². The zero-order valence-corrected chi connectivity index (χ0v) is 11.4. The molecule has 1 aromatic heterocycles. The number of nitrogens with zero attached hydrogens (tertiary/aromatic N) is 1. The Kier molecular flexibility index (Phi) is 3.68. The van der Waals surface area contributed by atoms with E-state index < -0.39 is 0 Å². The largest absolute Gasteiger partial charge is 0.505 e. The Morgan fingerprint density at radius 2 is 1.89 bits per heavy atom. The van der Waals surface area contributed by atoms with Gasteiger partial charge in [0.2, 0.25) is 0 Å². The van der Waals surface area contributed by atoms with E-state index in [4.69, 9.17) is 27.7 Å². The SMILES string of the molecule is Cc1noc(C)c1CNc1cc(Cl)c(O)c(Cl)c1. The van der Waals surface area contributed by atoms with Crippen LogP contribution in [0.15, 0.2) is 16.7 Å². The van der Waals surface area contributed by atoms with Gasteiger partial charge in [-0.2, -0.15) is 0 Å². The molecule has 2 N–H and O–H groups in total. The van der Waals surface area contributed by atoms with Crippen molar-refractivity contribution in [3.63, 3.8) is 0 Å². The molecule has 0 amide bonds. The van der Waals surface area contributed by atoms with Crippen molar-refractivity contribution >= 4 is 28.9 Å². The Balaban J connectivity index is 2.16. The number of rotatable bonds is 3. The molecule has 0 bridgehead atoms. The standard InChI is InChI=1S/C12H12Cl2N2O2/c1-6-9(7(2)18-16-6)5-15-8-3-10(13)12(17)11(14)4-8/h3-4,15,17H,5H2,1-2H3. The molecule has 0 radical (unpaired) electrons. The quantitative estimate of drug-likeness (QED) is 0.840. The molecule has 1 heterocycles. The van der Waals surface area contributed by atoms with Gasteiger partial charge in [-0.1, -0.05) is 28.4 Å². The number of hydrogen-bond acceptors (Lipinski definition) is 4. The Bertz CT molecular complexity index is 539. The molecule has 0 aliphatic carbocycles. The average Bonchev–Trinajstić information content (AvgIpc) is 2.63. The molecule has 0 unspecified atom stereocenters. The number of anilines is 1. The first-order valence-electron chi connectivity index (χ1n) is 5.32. The summed E-state index contributed by atoms with van der Waals surface area (Å²) in [5.41, 5.74) is 2.56. The highest BCUT2D eigenvalue weighted by atomic mass is 35.5. The van der Waals surface area contributed by atoms with Crippen molar-refractivity contribution in [2.75, 3.05) is 5.32 Å². The van der Waals surface area contributed by atoms with Crippen molar-refractivity contribution in [1.29, 1.82) is 0 Å². The number of aromatic nitrogens is 1. The third kappa shape index (κ3) is 2.54. The summed E-state index contributed by atoms with van der Waals surface area (Å²) >= 11 is 11.7. The van der Waals surface area contributed by atoms with E-state index in [0.717, 1.165) is 22.7 Å². The first-order chi connectivity index (χ1) is 8.49. The van der Waals surface area contributed by atoms with E-state index in [-0.39, 0.29) is 15.8 Å². The molecular weight excluding hydrogens is 275 g/mol. The Morgan fingerprint density at radius 3 is 2.39 bits per heavy atom. The summed E-state index contributed by atoms with van der Waals surface area (Å²) in [6.07, 6.45) is 0. The second-order valence-corrected chi connectivity index (χ2v) is 4.76. The molecule has 4 nitrogen and oxygen atoms in total. The van der Waals surface area contributed by atoms with Gasteiger partial charge in [0, 0.05) is 17.8 Å². The van der Waals surface area contributed by atoms with Crippen LogP contribution in [0.3, 0.4) is 0 Å². The van der Waals surface area contributed by atoms with Crippen LogP contribution in [0.5, 0.6) is 5.75 Å². The fraction of sp³-hybridized carbons (Fsp3) is 0.250. The molecule has 0 saturated carbocycles. The highest BCUT2D eigenvalue weighted by Crippen LogP contribution is 2.34. The van der Waals surface area contributed by atoms with Crippen LogP contribution >= 0.6 is 23.2 Å². The summed E-state index contributed by atoms with van der Waals surface area (Å²) in [5.74, 6) is 0.664. The molecule has 0 saturated heterocycles. The van der Waals surface area contributed by atoms with Crippen LogP contribution in [-0.2, 0) is 6.54 Å². The van der Waals surface area contributed by atoms with Gasteiger partial charge >= 0.3 is 0 Å². The molecule has 18 heavy (non-hydrogen) atoms. The molecule has 2 aromatic rings. The summed E-state index contributed by atoms with van der Waals surface area (Å²) in [4.78, 5) is 0. The Labute approximate surface area is 114 Å². The lowest BCUT2D eigenvalue weighted by Gasteiger charge is -2.08. The smallest absolute Gasteiger partial charge is 0.152 e. The molecule has 0 spiro atoms. The van der Waals surface area contributed by atoms with Crippen LogP contribution in [0.4, 0.5) is 5.69 Å². The van der Waals surface area contributed by atoms with Crippen molar-refractivity contribution in [1.82, 2.24) is 5.16 Å². The number of aryl methyl sites for hydroxylation is 2. The molecular formula is C12H12Cl2N2O2. The topological polar surface area (TPSA) is 58.3 Å². The summed E-state index contributed by atoms with van der Waals surface area (Å²) in [7, 11) is 0. The maximum absolute atomic E-state index is 9.45. The third-order valence-corrected chi connectivity index (χ3v) is 3.24. The van der Waals surface area contributed by atoms with Gasteiger partial charge in [-0.05, 0) is 26.0 Å². The summed E-state index contributed by atoms with van der Waals surface area (Å²) in [6.45, 7) is 4.29. The van der Waals surface area contributed by atoms with Gasteiger partial charge in [0.15, 0.2) is 5.75 Å². The predicted octanol–water partition coefficient (Wildman–Crippen LogP) is 3.92. The first kappa shape index (κ1) is 13.1. The maximum Gasteiger partial charge on any atom is 0.152 e. The van der Waals surface area contributed by atoms with Crippen molar-refractivity contribution in [3.8, 4) is 5.75 Å². The molecule has 1 aromatic carbocycles. The number of phenols is 1. The lowest BCUT2D eigenvalue weighted by atomic mass is 10.2. The highest BCUT2D eigenvalue weighted by Gasteiger charge is 2.10. The fourth-order valence-electron chi connectivity index (χ4n) is 1.61. The summed E-state index contributed by atoms with van der Waals surface area (Å²) in [6, 6.07) is 3.22. The number of phenolic OH excluding ortho intramolecular Hbond substituents is 1. The van der Waals surface area contributed by atoms with Crippen LogP contribution in [-0.4, -0.2) is 10.3 Å². The van der Waals surface area contributed by atoms with E-state index in [1.54, 1.807) is 12.1 Å². The van der Waals surface area contributed by atoms with Gasteiger partial charge < -0.3 is 14.9 Å². The minimum absolute atomic E-state index is 0.110. The van der Waals surface area contributed by atoms with E-state index in [1.807, 2.05) is 13.8 Å². The summed E-state index contributed by atoms with van der Waals surface area (Å²) in [5, 5.41) is 16.9. The van der Waals surface area contributed by atoms with Crippen LogP contribution in [0.2, 0.25) is 10.0 Å². The second-order valence-electron chi connectivity index (χ2n) is 3.94. The summed E-state index contributed by atoms with van der Waals surface area (Å²) < 4.78 is 5.07. The molecule has 0 atom stereocenters. The fourth-order valence-corrected chi connectivity index (χ4v) is 2.10. The van der Waals surface area contributed by atoms with Crippen molar-refractivity contribution in [2.45, 2.75) is 20.4 Å². The number of benzene rings is 1. The number of hydrogen-bond donors (Lipinski definition) is 2. The highest BCUT2D eigenvalue weighted by molar-refractivity contribution is 6.37. The first-order valence-corrected chi connectivity index (χ1v) is 6.08. The minimum atomic E-state index is -0.110. The molecule has 6 heteroatoms. The lowest BCUT2D eigenvalue weighted by molar-refractivity contribution is 0.392. The third-order valence-electron chi connectivity index (χ3n) is 2.67. The number of halogens is 2. The van der Waals surface area contributed by atoms with Gasteiger partial charge in [0.05, 0.1) is 15.7 Å². The lowest BCUT2D eigenvalue weighted by Crippen LogP contribution is -2.01. The number of nitrogens with one attached hydrogen (secondary N) is 1. The van der Waals surface area contributed by atoms with Crippen molar-refractivity contribution in [2.24, 2.45) is 0 Å². The maximum atomic E-state index is 9.45. The second kappa shape index (κ2) is 5.08. The van der Waals surface area contributed by atoms with Crippen LogP contribution in [0, 0.1) is 13.8 Å². The van der Waals surface area contributed by atoms with E-state index in [2.05, 4.69) is 10.5 Å². The molecule has 0 aliphatic heterocycles. The van der Waals surface area contributed by atoms with Crippen molar-refractivity contribution in [3.05, 3.63) is 39.2 Å². The zero-order valence-electron chi connectivity index (χ0n) is 9.92. The van der Waals surface area contributed by atoms with E-state index >= 15 is 0 Å².